The van der Waals surface area contributed by atoms with Crippen molar-refractivity contribution in [3.05, 3.63) is 29.3 Å². The Morgan fingerprint density at radius 2 is 2.09 bits per heavy atom. The van der Waals surface area contributed by atoms with E-state index in [1.807, 2.05) is 19.1 Å². The van der Waals surface area contributed by atoms with Crippen LogP contribution in [0, 0.1) is 5.92 Å². The van der Waals surface area contributed by atoms with Crippen molar-refractivity contribution >= 4 is 17.5 Å². The van der Waals surface area contributed by atoms with E-state index in [9.17, 15) is 9.59 Å². The van der Waals surface area contributed by atoms with Crippen LogP contribution in [0.25, 0.3) is 0 Å². The molecule has 5 nitrogen and oxygen atoms in total. The van der Waals surface area contributed by atoms with Crippen LogP contribution in [0.4, 0.5) is 5.69 Å². The van der Waals surface area contributed by atoms with Crippen LogP contribution in [0.5, 0.6) is 0 Å². The van der Waals surface area contributed by atoms with Gasteiger partial charge in [0.05, 0.1) is 0 Å². The van der Waals surface area contributed by atoms with E-state index < -0.39 is 0 Å². The summed E-state index contributed by atoms with van der Waals surface area (Å²) in [4.78, 5) is 24.1. The maximum atomic E-state index is 12.2. The highest BCUT2D eigenvalue weighted by Crippen LogP contribution is 2.22. The van der Waals surface area contributed by atoms with Crippen LogP contribution in [0.1, 0.15) is 61.9 Å². The Balaban J connectivity index is 1.83. The molecule has 1 aliphatic rings. The molecule has 1 aromatic carbocycles. The molecule has 0 spiro atoms. The lowest BCUT2D eigenvalue weighted by Crippen LogP contribution is -2.44. The van der Waals surface area contributed by atoms with Crippen molar-refractivity contribution in [2.45, 2.75) is 52.4 Å². The summed E-state index contributed by atoms with van der Waals surface area (Å²) in [6, 6.07) is 5.61. The first-order chi connectivity index (χ1) is 11.1. The van der Waals surface area contributed by atoms with Crippen LogP contribution in [0.3, 0.4) is 0 Å². The van der Waals surface area contributed by atoms with Gasteiger partial charge in [-0.2, -0.15) is 0 Å². The summed E-state index contributed by atoms with van der Waals surface area (Å²) in [5.74, 6) is -0.490. The standard InChI is InChI=1S/C18H27N3O2/c1-3-4-5-7-13(2)17(22)20-21-18(23)15-9-10-16-14(12-15)8-6-11-19-16/h9-10,12-13,19H,3-8,11H2,1-2H3,(H,20,22)(H,21,23)/t13-/m1/s1. The van der Waals surface area contributed by atoms with Gasteiger partial charge in [0.25, 0.3) is 5.91 Å². The molecule has 3 N–H and O–H groups in total. The predicted molar refractivity (Wildman–Crippen MR) is 92.2 cm³/mol. The summed E-state index contributed by atoms with van der Waals surface area (Å²) in [5, 5.41) is 3.32. The number of unbranched alkanes of at least 4 members (excludes halogenated alkanes) is 2. The first-order valence-corrected chi connectivity index (χ1v) is 8.58. The Bertz CT molecular complexity index is 557. The number of amides is 2. The third-order valence-electron chi connectivity index (χ3n) is 4.29. The van der Waals surface area contributed by atoms with E-state index in [-0.39, 0.29) is 17.7 Å². The molecule has 0 bridgehead atoms. The molecule has 0 aromatic heterocycles. The fourth-order valence-corrected chi connectivity index (χ4v) is 2.76. The highest BCUT2D eigenvalue weighted by molar-refractivity contribution is 5.96. The molecule has 1 atom stereocenters. The molecule has 1 aromatic rings. The maximum Gasteiger partial charge on any atom is 0.269 e. The van der Waals surface area contributed by atoms with E-state index in [4.69, 9.17) is 0 Å². The first kappa shape index (κ1) is 17.3. The van der Waals surface area contributed by atoms with Crippen molar-refractivity contribution in [1.29, 1.82) is 0 Å². The molecule has 0 radical (unpaired) electrons. The van der Waals surface area contributed by atoms with Crippen LogP contribution in [-0.4, -0.2) is 18.4 Å². The van der Waals surface area contributed by atoms with Gasteiger partial charge in [0.1, 0.15) is 0 Å². The highest BCUT2D eigenvalue weighted by atomic mass is 16.2. The monoisotopic (exact) mass is 317 g/mol. The quantitative estimate of drug-likeness (QED) is 0.558. The number of nitrogens with one attached hydrogen (secondary N) is 3. The number of rotatable bonds is 6. The number of hydrazine groups is 1. The Morgan fingerprint density at radius 1 is 1.26 bits per heavy atom. The minimum atomic E-state index is -0.271. The van der Waals surface area contributed by atoms with E-state index >= 15 is 0 Å². The Kier molecular flexibility index (Phi) is 6.44. The number of hydrogen-bond donors (Lipinski definition) is 3. The van der Waals surface area contributed by atoms with Gasteiger partial charge in [-0.15, -0.1) is 0 Å². The molecule has 0 fully saturated rings. The van der Waals surface area contributed by atoms with Gasteiger partial charge in [0, 0.05) is 23.7 Å². The lowest BCUT2D eigenvalue weighted by atomic mass is 10.0. The maximum absolute atomic E-state index is 12.2. The third kappa shape index (κ3) is 4.98. The Morgan fingerprint density at radius 3 is 2.87 bits per heavy atom. The fourth-order valence-electron chi connectivity index (χ4n) is 2.76. The minimum Gasteiger partial charge on any atom is -0.385 e. The van der Waals surface area contributed by atoms with Crippen LogP contribution in [-0.2, 0) is 11.2 Å². The molecule has 0 unspecified atom stereocenters. The molecule has 0 saturated carbocycles. The van der Waals surface area contributed by atoms with Crippen LogP contribution in [0.15, 0.2) is 18.2 Å². The normalized spacial score (nSPS) is 14.3. The lowest BCUT2D eigenvalue weighted by molar-refractivity contribution is -0.125. The van der Waals surface area contributed by atoms with Gasteiger partial charge in [-0.25, -0.2) is 0 Å². The summed E-state index contributed by atoms with van der Waals surface area (Å²) in [6.45, 7) is 5.01. The van der Waals surface area contributed by atoms with Crippen LogP contribution >= 0.6 is 0 Å². The topological polar surface area (TPSA) is 70.2 Å². The van der Waals surface area contributed by atoms with E-state index in [1.54, 1.807) is 6.07 Å². The third-order valence-corrected chi connectivity index (χ3v) is 4.29. The zero-order chi connectivity index (χ0) is 16.7. The first-order valence-electron chi connectivity index (χ1n) is 8.58. The van der Waals surface area contributed by atoms with Gasteiger partial charge >= 0.3 is 0 Å². The SMILES string of the molecule is CCCCC[C@@H](C)C(=O)NNC(=O)c1ccc2c(c1)CCCN2. The molecule has 1 heterocycles. The molecule has 126 valence electrons. The second-order valence-corrected chi connectivity index (χ2v) is 6.24. The summed E-state index contributed by atoms with van der Waals surface area (Å²) >= 11 is 0. The van der Waals surface area contributed by atoms with Gasteiger partial charge in [-0.1, -0.05) is 33.1 Å². The Labute approximate surface area is 138 Å². The molecule has 2 rings (SSSR count). The fraction of sp³-hybridized carbons (Fsp3) is 0.556. The van der Waals surface area contributed by atoms with Crippen molar-refractivity contribution in [2.24, 2.45) is 5.92 Å². The average Bonchev–Trinajstić information content (AvgIpc) is 2.59. The molecular formula is C18H27N3O2. The Hall–Kier alpha value is -2.04. The summed E-state index contributed by atoms with van der Waals surface area (Å²) in [7, 11) is 0. The summed E-state index contributed by atoms with van der Waals surface area (Å²) in [5.41, 5.74) is 7.88. The van der Waals surface area contributed by atoms with E-state index in [1.165, 1.54) is 0 Å². The van der Waals surface area contributed by atoms with Gasteiger partial charge < -0.3 is 5.32 Å². The highest BCUT2D eigenvalue weighted by Gasteiger charge is 2.15. The number of benzene rings is 1. The summed E-state index contributed by atoms with van der Waals surface area (Å²) in [6.07, 6.45) is 6.21. The van der Waals surface area contributed by atoms with E-state index in [0.29, 0.717) is 5.56 Å². The predicted octanol–water partition coefficient (Wildman–Crippen LogP) is 3.02. The van der Waals surface area contributed by atoms with Gasteiger partial charge in [0.2, 0.25) is 5.91 Å². The van der Waals surface area contributed by atoms with Crippen molar-refractivity contribution < 1.29 is 9.59 Å². The number of anilines is 1. The number of carbonyl (C=O) groups is 2. The summed E-state index contributed by atoms with van der Waals surface area (Å²) < 4.78 is 0. The molecule has 5 heteroatoms. The van der Waals surface area contributed by atoms with Crippen LogP contribution in [0.2, 0.25) is 0 Å². The van der Waals surface area contributed by atoms with Crippen molar-refractivity contribution in [3.8, 4) is 0 Å². The largest absolute Gasteiger partial charge is 0.385 e. The van der Waals surface area contributed by atoms with E-state index in [0.717, 1.165) is 56.3 Å². The zero-order valence-corrected chi connectivity index (χ0v) is 14.1. The molecule has 0 saturated heterocycles. The second-order valence-electron chi connectivity index (χ2n) is 6.24. The van der Waals surface area contributed by atoms with Gasteiger partial charge in [-0.05, 0) is 43.0 Å². The van der Waals surface area contributed by atoms with Crippen LogP contribution < -0.4 is 16.2 Å². The second kappa shape index (κ2) is 8.56. The van der Waals surface area contributed by atoms with Gasteiger partial charge in [-0.3, -0.25) is 20.4 Å². The number of carbonyl (C=O) groups excluding carboxylic acids is 2. The molecule has 1 aliphatic heterocycles. The number of aryl methyl sites for hydroxylation is 1. The molecule has 0 aliphatic carbocycles. The zero-order valence-electron chi connectivity index (χ0n) is 14.1. The molecule has 2 amide bonds. The van der Waals surface area contributed by atoms with Gasteiger partial charge in [0.15, 0.2) is 0 Å². The lowest BCUT2D eigenvalue weighted by Gasteiger charge is -2.18. The number of fused-ring (bicyclic) bond motifs is 1. The van der Waals surface area contributed by atoms with Crippen molar-refractivity contribution in [2.75, 3.05) is 11.9 Å². The van der Waals surface area contributed by atoms with Crippen molar-refractivity contribution in [3.63, 3.8) is 0 Å². The van der Waals surface area contributed by atoms with Crippen molar-refractivity contribution in [1.82, 2.24) is 10.9 Å². The molecular weight excluding hydrogens is 290 g/mol. The number of hydrogen-bond acceptors (Lipinski definition) is 3. The average molecular weight is 317 g/mol. The minimum absolute atomic E-state index is 0.0883. The van der Waals surface area contributed by atoms with E-state index in [2.05, 4.69) is 23.1 Å². The molecule has 23 heavy (non-hydrogen) atoms. The smallest absolute Gasteiger partial charge is 0.269 e.